The highest BCUT2D eigenvalue weighted by atomic mass is 32.1. The van der Waals surface area contributed by atoms with Gasteiger partial charge in [0, 0.05) is 17.6 Å². The molecule has 0 spiro atoms. The molecule has 0 saturated carbocycles. The number of amides is 2. The Labute approximate surface area is 141 Å². The summed E-state index contributed by atoms with van der Waals surface area (Å²) in [7, 11) is 0. The van der Waals surface area contributed by atoms with Gasteiger partial charge in [-0.3, -0.25) is 0 Å². The van der Waals surface area contributed by atoms with E-state index in [4.69, 9.17) is 0 Å². The summed E-state index contributed by atoms with van der Waals surface area (Å²) in [6.07, 6.45) is 1.11. The van der Waals surface area contributed by atoms with Gasteiger partial charge in [-0.05, 0) is 26.3 Å². The van der Waals surface area contributed by atoms with Gasteiger partial charge >= 0.3 is 6.03 Å². The molecular weight excluding hydrogens is 310 g/mol. The van der Waals surface area contributed by atoms with Crippen molar-refractivity contribution in [3.8, 4) is 0 Å². The van der Waals surface area contributed by atoms with Crippen molar-refractivity contribution >= 4 is 17.4 Å². The van der Waals surface area contributed by atoms with Crippen molar-refractivity contribution in [1.82, 2.24) is 15.2 Å². The second kappa shape index (κ2) is 8.08. The van der Waals surface area contributed by atoms with Crippen LogP contribution in [0, 0.1) is 13.8 Å². The van der Waals surface area contributed by atoms with E-state index in [9.17, 15) is 9.90 Å². The molecule has 2 rings (SSSR count). The molecule has 0 fully saturated rings. The van der Waals surface area contributed by atoms with Crippen molar-refractivity contribution in [2.75, 3.05) is 13.1 Å². The number of rotatable bonds is 6. The van der Waals surface area contributed by atoms with Gasteiger partial charge < -0.3 is 15.3 Å². The minimum atomic E-state index is -0.691. The van der Waals surface area contributed by atoms with Crippen LogP contribution in [0.4, 0.5) is 4.79 Å². The van der Waals surface area contributed by atoms with Crippen LogP contribution in [-0.4, -0.2) is 34.1 Å². The summed E-state index contributed by atoms with van der Waals surface area (Å²) in [6.45, 7) is 7.10. The Morgan fingerprint density at radius 2 is 2.04 bits per heavy atom. The number of carbonyl (C=O) groups excluding carboxylic acids is 1. The molecule has 5 nitrogen and oxygen atoms in total. The number of aryl methyl sites for hydroxylation is 2. The third-order valence-electron chi connectivity index (χ3n) is 3.58. The first kappa shape index (κ1) is 17.4. The van der Waals surface area contributed by atoms with Crippen LogP contribution in [0.1, 0.15) is 34.0 Å². The summed E-state index contributed by atoms with van der Waals surface area (Å²) in [5.41, 5.74) is 1.96. The fourth-order valence-electron chi connectivity index (χ4n) is 2.20. The molecule has 2 amide bonds. The standard InChI is InChI=1S/C17H23N3O2S/c1-4-20(11-15(21)14-7-5-12(2)6-8-14)17(22)19-10-16-18-9-13(3)23-16/h5-9,15,21H,4,10-11H2,1-3H3,(H,19,22). The van der Waals surface area contributed by atoms with Crippen LogP contribution < -0.4 is 5.32 Å². The molecule has 0 saturated heterocycles. The van der Waals surface area contributed by atoms with E-state index in [1.54, 1.807) is 22.4 Å². The van der Waals surface area contributed by atoms with Gasteiger partial charge in [-0.15, -0.1) is 11.3 Å². The molecule has 0 aliphatic heterocycles. The van der Waals surface area contributed by atoms with E-state index in [1.165, 1.54) is 0 Å². The highest BCUT2D eigenvalue weighted by Gasteiger charge is 2.17. The Bertz CT molecular complexity index is 640. The lowest BCUT2D eigenvalue weighted by atomic mass is 10.1. The van der Waals surface area contributed by atoms with Gasteiger partial charge in [0.2, 0.25) is 0 Å². The highest BCUT2D eigenvalue weighted by molar-refractivity contribution is 7.11. The monoisotopic (exact) mass is 333 g/mol. The molecule has 0 radical (unpaired) electrons. The summed E-state index contributed by atoms with van der Waals surface area (Å²) in [4.78, 5) is 19.2. The predicted molar refractivity (Wildman–Crippen MR) is 92.5 cm³/mol. The molecular formula is C17H23N3O2S. The molecule has 1 unspecified atom stereocenters. The molecule has 2 N–H and O–H groups in total. The van der Waals surface area contributed by atoms with Gasteiger partial charge in [-0.25, -0.2) is 9.78 Å². The number of aliphatic hydroxyl groups excluding tert-OH is 1. The van der Waals surface area contributed by atoms with Crippen LogP contribution in [0.2, 0.25) is 0 Å². The molecule has 124 valence electrons. The van der Waals surface area contributed by atoms with Crippen molar-refractivity contribution in [2.45, 2.75) is 33.4 Å². The molecule has 0 aliphatic carbocycles. The predicted octanol–water partition coefficient (Wildman–Crippen LogP) is 3.03. The number of hydrogen-bond donors (Lipinski definition) is 2. The lowest BCUT2D eigenvalue weighted by molar-refractivity contribution is 0.123. The van der Waals surface area contributed by atoms with Crippen molar-refractivity contribution in [1.29, 1.82) is 0 Å². The number of aromatic nitrogens is 1. The number of urea groups is 1. The molecule has 1 aromatic carbocycles. The molecule has 1 atom stereocenters. The fraction of sp³-hybridized carbons (Fsp3) is 0.412. The average Bonchev–Trinajstić information content (AvgIpc) is 2.96. The van der Waals surface area contributed by atoms with E-state index >= 15 is 0 Å². The summed E-state index contributed by atoms with van der Waals surface area (Å²) in [5.74, 6) is 0. The molecule has 23 heavy (non-hydrogen) atoms. The fourth-order valence-corrected chi connectivity index (χ4v) is 2.93. The van der Waals surface area contributed by atoms with Gasteiger partial charge in [0.1, 0.15) is 5.01 Å². The molecule has 6 heteroatoms. The largest absolute Gasteiger partial charge is 0.387 e. The van der Waals surface area contributed by atoms with Crippen LogP contribution in [0.3, 0.4) is 0 Å². The van der Waals surface area contributed by atoms with Crippen LogP contribution in [0.5, 0.6) is 0 Å². The van der Waals surface area contributed by atoms with Gasteiger partial charge in [0.25, 0.3) is 0 Å². The lowest BCUT2D eigenvalue weighted by Crippen LogP contribution is -2.41. The Morgan fingerprint density at radius 3 is 2.61 bits per heavy atom. The zero-order chi connectivity index (χ0) is 16.8. The van der Waals surface area contributed by atoms with Crippen LogP contribution in [0.25, 0.3) is 0 Å². The average molecular weight is 333 g/mol. The number of aliphatic hydroxyl groups is 1. The van der Waals surface area contributed by atoms with Gasteiger partial charge in [-0.2, -0.15) is 0 Å². The SMILES string of the molecule is CCN(CC(O)c1ccc(C)cc1)C(=O)NCc1ncc(C)s1. The first-order chi connectivity index (χ1) is 11.0. The number of nitrogens with one attached hydrogen (secondary N) is 1. The van der Waals surface area contributed by atoms with Gasteiger partial charge in [-0.1, -0.05) is 29.8 Å². The minimum Gasteiger partial charge on any atom is -0.387 e. The van der Waals surface area contributed by atoms with E-state index in [2.05, 4.69) is 10.3 Å². The van der Waals surface area contributed by atoms with Crippen LogP contribution in [-0.2, 0) is 6.54 Å². The highest BCUT2D eigenvalue weighted by Crippen LogP contribution is 2.15. The van der Waals surface area contributed by atoms with E-state index in [0.29, 0.717) is 13.1 Å². The van der Waals surface area contributed by atoms with Crippen LogP contribution in [0.15, 0.2) is 30.5 Å². The second-order valence-electron chi connectivity index (χ2n) is 5.49. The number of likely N-dealkylation sites (N-methyl/N-ethyl adjacent to an activating group) is 1. The topological polar surface area (TPSA) is 65.5 Å². The van der Waals surface area contributed by atoms with Crippen molar-refractivity contribution in [3.63, 3.8) is 0 Å². The number of carbonyl (C=O) groups is 1. The number of benzene rings is 1. The number of thiazole rings is 1. The normalized spacial score (nSPS) is 12.0. The first-order valence-electron chi connectivity index (χ1n) is 7.68. The Morgan fingerprint density at radius 1 is 1.35 bits per heavy atom. The van der Waals surface area contributed by atoms with Crippen molar-refractivity contribution in [2.24, 2.45) is 0 Å². The number of nitrogens with zero attached hydrogens (tertiary/aromatic N) is 2. The van der Waals surface area contributed by atoms with E-state index in [0.717, 1.165) is 21.0 Å². The summed E-state index contributed by atoms with van der Waals surface area (Å²) in [6, 6.07) is 7.51. The van der Waals surface area contributed by atoms with Crippen molar-refractivity contribution < 1.29 is 9.90 Å². The second-order valence-corrected chi connectivity index (χ2v) is 6.81. The van der Waals surface area contributed by atoms with Crippen LogP contribution >= 0.6 is 11.3 Å². The number of hydrogen-bond acceptors (Lipinski definition) is 4. The quantitative estimate of drug-likeness (QED) is 0.854. The Balaban J connectivity index is 1.90. The van der Waals surface area contributed by atoms with E-state index in [-0.39, 0.29) is 12.6 Å². The zero-order valence-electron chi connectivity index (χ0n) is 13.7. The maximum absolute atomic E-state index is 12.3. The molecule has 0 bridgehead atoms. The van der Waals surface area contributed by atoms with Gasteiger partial charge in [0.15, 0.2) is 0 Å². The lowest BCUT2D eigenvalue weighted by Gasteiger charge is -2.24. The maximum atomic E-state index is 12.3. The summed E-state index contributed by atoms with van der Waals surface area (Å²) < 4.78 is 0. The van der Waals surface area contributed by atoms with Crippen molar-refractivity contribution in [3.05, 3.63) is 51.5 Å². The first-order valence-corrected chi connectivity index (χ1v) is 8.50. The maximum Gasteiger partial charge on any atom is 0.317 e. The smallest absolute Gasteiger partial charge is 0.317 e. The Hall–Kier alpha value is -1.92. The molecule has 2 aromatic rings. The van der Waals surface area contributed by atoms with Gasteiger partial charge in [0.05, 0.1) is 19.2 Å². The molecule has 1 aromatic heterocycles. The van der Waals surface area contributed by atoms with E-state index < -0.39 is 6.10 Å². The Kier molecular flexibility index (Phi) is 6.12. The third-order valence-corrected chi connectivity index (χ3v) is 4.50. The summed E-state index contributed by atoms with van der Waals surface area (Å²) >= 11 is 1.57. The minimum absolute atomic E-state index is 0.188. The molecule has 0 aliphatic rings. The summed E-state index contributed by atoms with van der Waals surface area (Å²) in [5, 5.41) is 14.1. The zero-order valence-corrected chi connectivity index (χ0v) is 14.6. The third kappa shape index (κ3) is 5.04. The molecule has 1 heterocycles. The van der Waals surface area contributed by atoms with E-state index in [1.807, 2.05) is 45.0 Å².